The van der Waals surface area contributed by atoms with Crippen LogP contribution in [0.1, 0.15) is 23.2 Å². The zero-order chi connectivity index (χ0) is 14.6. The summed E-state index contributed by atoms with van der Waals surface area (Å²) in [6, 6.07) is 3.24. The molecule has 0 atom stereocenters. The van der Waals surface area contributed by atoms with Gasteiger partial charge in [0.1, 0.15) is 5.56 Å². The highest BCUT2D eigenvalue weighted by Gasteiger charge is 2.32. The van der Waals surface area contributed by atoms with E-state index >= 15 is 0 Å². The monoisotopic (exact) mass is 296 g/mol. The lowest BCUT2D eigenvalue weighted by atomic mass is 9.96. The maximum atomic E-state index is 12.1. The number of carbonyl (C=O) groups excluding carboxylic acids is 1. The van der Waals surface area contributed by atoms with Crippen LogP contribution in [-0.4, -0.2) is 41.2 Å². The van der Waals surface area contributed by atoms with Gasteiger partial charge in [-0.3, -0.25) is 9.59 Å². The van der Waals surface area contributed by atoms with Gasteiger partial charge in [0.15, 0.2) is 0 Å². The summed E-state index contributed by atoms with van der Waals surface area (Å²) in [5, 5.41) is 2.84. The third-order valence-corrected chi connectivity index (χ3v) is 4.76. The number of amides is 1. The van der Waals surface area contributed by atoms with E-state index in [1.165, 1.54) is 4.57 Å². The molecule has 2 rings (SSSR count). The number of aryl methyl sites for hydroxylation is 1. The average molecular weight is 296 g/mol. The number of carbonyl (C=O) groups is 1. The second-order valence-electron chi connectivity index (χ2n) is 5.02. The van der Waals surface area contributed by atoms with Crippen molar-refractivity contribution in [2.75, 3.05) is 25.2 Å². The van der Waals surface area contributed by atoms with Gasteiger partial charge in [0.05, 0.1) is 5.60 Å². The van der Waals surface area contributed by atoms with Crippen LogP contribution in [0.15, 0.2) is 23.1 Å². The Morgan fingerprint density at radius 1 is 1.50 bits per heavy atom. The van der Waals surface area contributed by atoms with Crippen LogP contribution < -0.4 is 10.9 Å². The molecule has 1 saturated heterocycles. The summed E-state index contributed by atoms with van der Waals surface area (Å²) in [5.74, 6) is 1.74. The largest absolute Gasteiger partial charge is 0.376 e. The maximum Gasteiger partial charge on any atom is 0.263 e. The molecule has 0 aromatic carbocycles. The van der Waals surface area contributed by atoms with Crippen LogP contribution in [0.4, 0.5) is 0 Å². The van der Waals surface area contributed by atoms with Crippen LogP contribution in [0.25, 0.3) is 0 Å². The first-order valence-corrected chi connectivity index (χ1v) is 7.80. The molecule has 0 spiro atoms. The van der Waals surface area contributed by atoms with Crippen molar-refractivity contribution in [3.8, 4) is 0 Å². The van der Waals surface area contributed by atoms with Crippen molar-refractivity contribution in [3.63, 3.8) is 0 Å². The number of rotatable bonds is 4. The van der Waals surface area contributed by atoms with E-state index in [2.05, 4.69) is 5.32 Å². The predicted octanol–water partition coefficient (Wildman–Crippen LogP) is 1.03. The smallest absolute Gasteiger partial charge is 0.263 e. The van der Waals surface area contributed by atoms with Gasteiger partial charge in [0.2, 0.25) is 0 Å². The first kappa shape index (κ1) is 15.1. The molecule has 0 unspecified atom stereocenters. The first-order valence-electron chi connectivity index (χ1n) is 6.65. The number of nitrogens with one attached hydrogen (secondary N) is 1. The van der Waals surface area contributed by atoms with Gasteiger partial charge in [0, 0.05) is 26.9 Å². The number of methoxy groups -OCH3 is 1. The Morgan fingerprint density at radius 2 is 2.20 bits per heavy atom. The Labute approximate surface area is 122 Å². The summed E-state index contributed by atoms with van der Waals surface area (Å²) in [6.07, 6.45) is 3.47. The van der Waals surface area contributed by atoms with Crippen molar-refractivity contribution in [3.05, 3.63) is 34.2 Å². The lowest BCUT2D eigenvalue weighted by Gasteiger charge is -2.35. The Kier molecular flexibility index (Phi) is 4.88. The van der Waals surface area contributed by atoms with Crippen LogP contribution in [0.2, 0.25) is 0 Å². The fraction of sp³-hybridized carbons (Fsp3) is 0.571. The fourth-order valence-electron chi connectivity index (χ4n) is 2.30. The van der Waals surface area contributed by atoms with Crippen LogP contribution in [0.5, 0.6) is 0 Å². The zero-order valence-electron chi connectivity index (χ0n) is 11.8. The van der Waals surface area contributed by atoms with E-state index < -0.39 is 0 Å². The van der Waals surface area contributed by atoms with Crippen molar-refractivity contribution >= 4 is 17.7 Å². The van der Waals surface area contributed by atoms with Crippen LogP contribution in [0.3, 0.4) is 0 Å². The number of hydrogen-bond donors (Lipinski definition) is 1. The molecule has 110 valence electrons. The molecule has 0 radical (unpaired) electrons. The Bertz CT molecular complexity index is 535. The summed E-state index contributed by atoms with van der Waals surface area (Å²) in [6.45, 7) is 0.445. The molecule has 1 aromatic rings. The van der Waals surface area contributed by atoms with Gasteiger partial charge in [-0.15, -0.1) is 0 Å². The summed E-state index contributed by atoms with van der Waals surface area (Å²) >= 11 is 1.90. The van der Waals surface area contributed by atoms with E-state index in [4.69, 9.17) is 4.74 Å². The minimum absolute atomic E-state index is 0.173. The lowest BCUT2D eigenvalue weighted by molar-refractivity contribution is -0.0149. The minimum atomic E-state index is -0.333. The van der Waals surface area contributed by atoms with Crippen LogP contribution in [0, 0.1) is 0 Å². The van der Waals surface area contributed by atoms with Crippen LogP contribution >= 0.6 is 11.8 Å². The zero-order valence-corrected chi connectivity index (χ0v) is 12.7. The fourth-order valence-corrected chi connectivity index (χ4v) is 3.54. The molecule has 5 nitrogen and oxygen atoms in total. The lowest BCUT2D eigenvalue weighted by Crippen LogP contribution is -2.47. The highest BCUT2D eigenvalue weighted by atomic mass is 32.2. The van der Waals surface area contributed by atoms with E-state index in [9.17, 15) is 9.59 Å². The number of hydrogen-bond acceptors (Lipinski definition) is 4. The summed E-state index contributed by atoms with van der Waals surface area (Å²) in [5.41, 5.74) is -0.400. The molecule has 1 N–H and O–H groups in total. The molecule has 0 bridgehead atoms. The molecule has 0 saturated carbocycles. The van der Waals surface area contributed by atoms with Gasteiger partial charge >= 0.3 is 0 Å². The molecular formula is C14H20N2O3S. The van der Waals surface area contributed by atoms with Gasteiger partial charge in [0.25, 0.3) is 11.5 Å². The summed E-state index contributed by atoms with van der Waals surface area (Å²) in [7, 11) is 3.32. The maximum absolute atomic E-state index is 12.1. The number of aromatic nitrogens is 1. The van der Waals surface area contributed by atoms with Crippen LogP contribution in [-0.2, 0) is 11.8 Å². The minimum Gasteiger partial charge on any atom is -0.376 e. The van der Waals surface area contributed by atoms with Crippen molar-refractivity contribution in [1.29, 1.82) is 0 Å². The summed E-state index contributed by atoms with van der Waals surface area (Å²) < 4.78 is 7.01. The standard InChI is InChI=1S/C14H20N2O3S/c1-16-7-3-4-11(13(16)18)12(17)15-10-14(19-2)5-8-20-9-6-14/h3-4,7H,5-6,8-10H2,1-2H3,(H,15,17). The Balaban J connectivity index is 2.04. The van der Waals surface area contributed by atoms with Crippen molar-refractivity contribution < 1.29 is 9.53 Å². The number of ether oxygens (including phenoxy) is 1. The van der Waals surface area contributed by atoms with Gasteiger partial charge in [-0.1, -0.05) is 0 Å². The summed E-state index contributed by atoms with van der Waals surface area (Å²) in [4.78, 5) is 24.0. The molecule has 1 fully saturated rings. The average Bonchev–Trinajstić information content (AvgIpc) is 2.48. The van der Waals surface area contributed by atoms with E-state index in [1.807, 2.05) is 11.8 Å². The second-order valence-corrected chi connectivity index (χ2v) is 6.24. The van der Waals surface area contributed by atoms with E-state index in [0.29, 0.717) is 6.54 Å². The second kappa shape index (κ2) is 6.45. The predicted molar refractivity (Wildman–Crippen MR) is 80.3 cm³/mol. The third-order valence-electron chi connectivity index (χ3n) is 3.78. The number of pyridine rings is 1. The molecule has 2 heterocycles. The SMILES string of the molecule is COC1(CNC(=O)c2cccn(C)c2=O)CCSCC1. The number of nitrogens with zero attached hydrogens (tertiary/aromatic N) is 1. The van der Waals surface area contributed by atoms with Crippen molar-refractivity contribution in [1.82, 2.24) is 9.88 Å². The third kappa shape index (κ3) is 3.24. The highest BCUT2D eigenvalue weighted by molar-refractivity contribution is 7.99. The molecule has 1 aliphatic rings. The van der Waals surface area contributed by atoms with Gasteiger partial charge in [-0.05, 0) is 36.5 Å². The molecule has 1 amide bonds. The van der Waals surface area contributed by atoms with Crippen molar-refractivity contribution in [2.24, 2.45) is 7.05 Å². The van der Waals surface area contributed by atoms with E-state index in [0.717, 1.165) is 24.3 Å². The number of thioether (sulfide) groups is 1. The topological polar surface area (TPSA) is 60.3 Å². The quantitative estimate of drug-likeness (QED) is 0.901. The Hall–Kier alpha value is -1.27. The first-order chi connectivity index (χ1) is 9.58. The normalized spacial score (nSPS) is 17.7. The Morgan fingerprint density at radius 3 is 2.85 bits per heavy atom. The molecule has 6 heteroatoms. The molecular weight excluding hydrogens is 276 g/mol. The van der Waals surface area contributed by atoms with Gasteiger partial charge in [-0.2, -0.15) is 11.8 Å². The molecule has 20 heavy (non-hydrogen) atoms. The highest BCUT2D eigenvalue weighted by Crippen LogP contribution is 2.29. The van der Waals surface area contributed by atoms with Gasteiger partial charge < -0.3 is 14.6 Å². The molecule has 1 aromatic heterocycles. The van der Waals surface area contributed by atoms with E-state index in [-0.39, 0.29) is 22.6 Å². The van der Waals surface area contributed by atoms with Gasteiger partial charge in [-0.25, -0.2) is 0 Å². The molecule has 0 aliphatic carbocycles. The van der Waals surface area contributed by atoms with E-state index in [1.54, 1.807) is 32.5 Å². The molecule has 1 aliphatic heterocycles. The van der Waals surface area contributed by atoms with Crippen molar-refractivity contribution in [2.45, 2.75) is 18.4 Å².